The Hall–Kier alpha value is -2.10. The third-order valence-corrected chi connectivity index (χ3v) is 12.5. The third kappa shape index (κ3) is 5.98. The Morgan fingerprint density at radius 2 is 1.77 bits per heavy atom. The van der Waals surface area contributed by atoms with E-state index in [-0.39, 0.29) is 39.8 Å². The van der Waals surface area contributed by atoms with Crippen molar-refractivity contribution >= 4 is 51.1 Å². The molecule has 43 heavy (non-hydrogen) atoms. The number of hydrogen-bond donors (Lipinski definition) is 1. The molecule has 7 nitrogen and oxygen atoms in total. The van der Waals surface area contributed by atoms with Crippen LogP contribution in [0.5, 0.6) is 0 Å². The van der Waals surface area contributed by atoms with E-state index in [1.165, 1.54) is 0 Å². The number of aliphatic hydroxyl groups is 1. The lowest BCUT2D eigenvalue weighted by Crippen LogP contribution is -2.61. The van der Waals surface area contributed by atoms with Crippen molar-refractivity contribution in [1.29, 1.82) is 0 Å². The zero-order valence-corrected chi connectivity index (χ0v) is 28.9. The molecule has 236 valence electrons. The molecule has 0 aliphatic carbocycles. The fourth-order valence-electron chi connectivity index (χ4n) is 7.98. The van der Waals surface area contributed by atoms with Gasteiger partial charge in [-0.25, -0.2) is 0 Å². The summed E-state index contributed by atoms with van der Waals surface area (Å²) in [7, 11) is 0. The lowest BCUT2D eigenvalue weighted by molar-refractivity contribution is -0.149. The van der Waals surface area contributed by atoms with Crippen LogP contribution in [0.3, 0.4) is 0 Å². The standard InChI is InChI=1S/C34H48BrN3O4S/c1-9-17-36(23-15-13-12-14-16-23)29(40)25-26-30(41)38(22(11-3)20-39)28(34(26)19-24(35)27(25)43-34)31(42)37(18-10-2)33(7,8)21-32(4,5)6/h9-10,12-16,22,24-28,39H,1-2,11,17-21H2,3-8H3/t22-,24?,25-,26-,27-,28?,34?/m0/s1. The second-order valence-electron chi connectivity index (χ2n) is 14.0. The molecule has 1 N–H and O–H groups in total. The van der Waals surface area contributed by atoms with Gasteiger partial charge in [-0.3, -0.25) is 14.4 Å². The highest BCUT2D eigenvalue weighted by atomic mass is 79.9. The SMILES string of the molecule is C=CCN(C(=O)[C@H]1[C@H]2C(=O)N([C@@H](CC)CO)C(C(=O)N(CC=C)C(C)(C)CC(C)(C)C)C23CC(Br)[C@@H]1S3)c1ccccc1. The highest BCUT2D eigenvalue weighted by Crippen LogP contribution is 2.68. The molecule has 1 spiro atoms. The number of fused-ring (bicyclic) bond motifs is 1. The van der Waals surface area contributed by atoms with Gasteiger partial charge in [-0.1, -0.05) is 74.0 Å². The molecule has 3 saturated heterocycles. The maximum atomic E-state index is 15.0. The number of benzene rings is 1. The highest BCUT2D eigenvalue weighted by Gasteiger charge is 2.76. The molecule has 4 rings (SSSR count). The summed E-state index contributed by atoms with van der Waals surface area (Å²) in [4.78, 5) is 49.3. The lowest BCUT2D eigenvalue weighted by Gasteiger charge is -2.46. The molecule has 7 atom stereocenters. The molecule has 3 fully saturated rings. The Morgan fingerprint density at radius 1 is 1.14 bits per heavy atom. The average Bonchev–Trinajstić information content (AvgIpc) is 3.53. The maximum absolute atomic E-state index is 15.0. The summed E-state index contributed by atoms with van der Waals surface area (Å²) in [5, 5.41) is 10.3. The van der Waals surface area contributed by atoms with Gasteiger partial charge in [0.15, 0.2) is 0 Å². The normalized spacial score (nSPS) is 28.9. The molecule has 3 unspecified atom stereocenters. The van der Waals surface area contributed by atoms with Gasteiger partial charge in [0, 0.05) is 34.4 Å². The van der Waals surface area contributed by atoms with Crippen molar-refractivity contribution in [2.75, 3.05) is 24.6 Å². The number of thioether (sulfide) groups is 1. The minimum atomic E-state index is -0.807. The molecule has 3 heterocycles. The van der Waals surface area contributed by atoms with Crippen LogP contribution in [0.25, 0.3) is 0 Å². The van der Waals surface area contributed by atoms with Crippen LogP contribution in [-0.2, 0) is 14.4 Å². The van der Waals surface area contributed by atoms with E-state index in [9.17, 15) is 19.5 Å². The predicted molar refractivity (Wildman–Crippen MR) is 179 cm³/mol. The van der Waals surface area contributed by atoms with Gasteiger partial charge in [0.1, 0.15) is 6.04 Å². The van der Waals surface area contributed by atoms with E-state index in [1.807, 2.05) is 42.2 Å². The molecule has 0 aromatic heterocycles. The number of carbonyl (C=O) groups is 3. The first-order valence-electron chi connectivity index (χ1n) is 15.3. The lowest BCUT2D eigenvalue weighted by atomic mass is 9.70. The van der Waals surface area contributed by atoms with Crippen molar-refractivity contribution in [2.45, 2.75) is 93.3 Å². The van der Waals surface area contributed by atoms with E-state index in [0.717, 1.165) is 12.1 Å². The van der Waals surface area contributed by atoms with E-state index in [0.29, 0.717) is 25.9 Å². The summed E-state index contributed by atoms with van der Waals surface area (Å²) >= 11 is 5.51. The summed E-state index contributed by atoms with van der Waals surface area (Å²) in [5.74, 6) is -1.77. The van der Waals surface area contributed by atoms with Crippen LogP contribution in [0.15, 0.2) is 55.6 Å². The summed E-state index contributed by atoms with van der Waals surface area (Å²) in [6.07, 6.45) is 5.28. The Morgan fingerprint density at radius 3 is 2.30 bits per heavy atom. The molecule has 3 aliphatic rings. The van der Waals surface area contributed by atoms with E-state index in [1.54, 1.807) is 33.7 Å². The van der Waals surface area contributed by atoms with Gasteiger partial charge in [0.25, 0.3) is 0 Å². The molecule has 3 amide bonds. The van der Waals surface area contributed by atoms with Crippen LogP contribution in [0.4, 0.5) is 5.69 Å². The Balaban J connectivity index is 1.84. The van der Waals surface area contributed by atoms with Crippen LogP contribution in [0.1, 0.15) is 60.8 Å². The van der Waals surface area contributed by atoms with Crippen molar-refractivity contribution < 1.29 is 19.5 Å². The first-order valence-corrected chi connectivity index (χ1v) is 17.1. The van der Waals surface area contributed by atoms with Gasteiger partial charge in [-0.2, -0.15) is 0 Å². The number of halogens is 1. The van der Waals surface area contributed by atoms with Crippen molar-refractivity contribution in [3.8, 4) is 0 Å². The second-order valence-corrected chi connectivity index (χ2v) is 16.7. The Kier molecular flexibility index (Phi) is 9.99. The van der Waals surface area contributed by atoms with Crippen LogP contribution < -0.4 is 4.90 Å². The number of carbonyl (C=O) groups excluding carboxylic acids is 3. The molecule has 2 bridgehead atoms. The zero-order valence-electron chi connectivity index (χ0n) is 26.5. The van der Waals surface area contributed by atoms with Crippen molar-refractivity contribution in [3.05, 3.63) is 55.6 Å². The molecule has 9 heteroatoms. The molecule has 0 saturated carbocycles. The van der Waals surface area contributed by atoms with Crippen molar-refractivity contribution in [3.63, 3.8) is 0 Å². The topological polar surface area (TPSA) is 81.2 Å². The van der Waals surface area contributed by atoms with E-state index >= 15 is 0 Å². The molecule has 1 aromatic rings. The fourth-order valence-corrected chi connectivity index (χ4v) is 11.6. The highest BCUT2D eigenvalue weighted by molar-refractivity contribution is 9.09. The fraction of sp³-hybridized carbons (Fsp3) is 0.618. The average molecular weight is 675 g/mol. The molecular weight excluding hydrogens is 626 g/mol. The van der Waals surface area contributed by atoms with Crippen LogP contribution in [0.2, 0.25) is 0 Å². The smallest absolute Gasteiger partial charge is 0.247 e. The van der Waals surface area contributed by atoms with Gasteiger partial charge >= 0.3 is 0 Å². The number of aliphatic hydroxyl groups excluding tert-OH is 1. The van der Waals surface area contributed by atoms with Gasteiger partial charge in [0.2, 0.25) is 17.7 Å². The predicted octanol–water partition coefficient (Wildman–Crippen LogP) is 5.67. The van der Waals surface area contributed by atoms with Crippen LogP contribution in [-0.4, -0.2) is 84.8 Å². The summed E-state index contributed by atoms with van der Waals surface area (Å²) in [6.45, 7) is 20.8. The third-order valence-electron chi connectivity index (χ3n) is 9.24. The summed E-state index contributed by atoms with van der Waals surface area (Å²) in [6, 6.07) is 8.13. The largest absolute Gasteiger partial charge is 0.394 e. The minimum Gasteiger partial charge on any atom is -0.394 e. The van der Waals surface area contributed by atoms with Gasteiger partial charge in [-0.15, -0.1) is 24.9 Å². The monoisotopic (exact) mass is 673 g/mol. The van der Waals surface area contributed by atoms with Crippen molar-refractivity contribution in [1.82, 2.24) is 9.80 Å². The number of amides is 3. The van der Waals surface area contributed by atoms with E-state index < -0.39 is 34.2 Å². The van der Waals surface area contributed by atoms with E-state index in [2.05, 4.69) is 63.7 Å². The maximum Gasteiger partial charge on any atom is 0.247 e. The number of para-hydroxylation sites is 1. The molecule has 1 aromatic carbocycles. The van der Waals surface area contributed by atoms with Crippen LogP contribution in [0, 0.1) is 17.3 Å². The second kappa shape index (κ2) is 12.7. The molecule has 3 aliphatic heterocycles. The molecular formula is C34H48BrN3O4S. The Labute approximate surface area is 270 Å². The Bertz CT molecular complexity index is 1230. The van der Waals surface area contributed by atoms with Gasteiger partial charge in [-0.05, 0) is 50.7 Å². The van der Waals surface area contributed by atoms with Gasteiger partial charge < -0.3 is 19.8 Å². The van der Waals surface area contributed by atoms with Crippen LogP contribution >= 0.6 is 27.7 Å². The summed E-state index contributed by atoms with van der Waals surface area (Å²) < 4.78 is -0.802. The molecule has 0 radical (unpaired) electrons. The number of alkyl halides is 1. The van der Waals surface area contributed by atoms with E-state index in [4.69, 9.17) is 0 Å². The minimum absolute atomic E-state index is 0.0443. The van der Waals surface area contributed by atoms with Gasteiger partial charge in [0.05, 0.1) is 29.2 Å². The summed E-state index contributed by atoms with van der Waals surface area (Å²) in [5.41, 5.74) is 0.182. The number of hydrogen-bond acceptors (Lipinski definition) is 5. The number of likely N-dealkylation sites (tertiary alicyclic amines) is 1. The first-order chi connectivity index (χ1) is 20.2. The number of rotatable bonds is 12. The first kappa shape index (κ1) is 33.8. The number of anilines is 1. The number of nitrogens with zero attached hydrogens (tertiary/aromatic N) is 3. The zero-order chi connectivity index (χ0) is 31.9. The quantitative estimate of drug-likeness (QED) is 0.228. The van der Waals surface area contributed by atoms with Crippen molar-refractivity contribution in [2.24, 2.45) is 17.3 Å².